The highest BCUT2D eigenvalue weighted by atomic mass is 15.2. The summed E-state index contributed by atoms with van der Waals surface area (Å²) in [5.41, 5.74) is 0. The van der Waals surface area contributed by atoms with E-state index in [-0.39, 0.29) is 0 Å². The highest BCUT2D eigenvalue weighted by Gasteiger charge is 2.35. The highest BCUT2D eigenvalue weighted by molar-refractivity contribution is 4.91. The van der Waals surface area contributed by atoms with Crippen LogP contribution in [0.1, 0.15) is 72.6 Å². The van der Waals surface area contributed by atoms with E-state index in [9.17, 15) is 0 Å². The van der Waals surface area contributed by atoms with E-state index in [1.165, 1.54) is 64.6 Å². The van der Waals surface area contributed by atoms with Crippen molar-refractivity contribution in [1.29, 1.82) is 0 Å². The Balaban J connectivity index is 1.92. The quantitative estimate of drug-likeness (QED) is 0.682. The summed E-state index contributed by atoms with van der Waals surface area (Å²) in [6.07, 6.45) is 9.85. The van der Waals surface area contributed by atoms with E-state index < -0.39 is 0 Å². The van der Waals surface area contributed by atoms with Gasteiger partial charge in [0.15, 0.2) is 0 Å². The Morgan fingerprint density at radius 3 is 2.43 bits per heavy atom. The topological polar surface area (TPSA) is 15.3 Å². The summed E-state index contributed by atoms with van der Waals surface area (Å²) in [6.45, 7) is 13.3. The number of hydrogen-bond acceptors (Lipinski definition) is 2. The van der Waals surface area contributed by atoms with Crippen LogP contribution < -0.4 is 5.32 Å². The van der Waals surface area contributed by atoms with Crippen molar-refractivity contribution in [2.45, 2.75) is 84.7 Å². The van der Waals surface area contributed by atoms with Crippen LogP contribution >= 0.6 is 0 Å². The molecule has 0 amide bonds. The Labute approximate surface area is 133 Å². The summed E-state index contributed by atoms with van der Waals surface area (Å²) in [7, 11) is 0. The Morgan fingerprint density at radius 2 is 1.86 bits per heavy atom. The van der Waals surface area contributed by atoms with Gasteiger partial charge in [-0.25, -0.2) is 0 Å². The molecule has 3 atom stereocenters. The van der Waals surface area contributed by atoms with Gasteiger partial charge in [-0.3, -0.25) is 4.90 Å². The van der Waals surface area contributed by atoms with E-state index in [4.69, 9.17) is 0 Å². The maximum atomic E-state index is 3.86. The Bertz CT molecular complexity index is 285. The minimum atomic E-state index is 0.779. The number of nitrogens with zero attached hydrogens (tertiary/aromatic N) is 1. The van der Waals surface area contributed by atoms with Gasteiger partial charge in [0.2, 0.25) is 0 Å². The number of nitrogens with one attached hydrogen (secondary N) is 1. The van der Waals surface area contributed by atoms with Crippen LogP contribution in [0.2, 0.25) is 0 Å². The molecule has 2 fully saturated rings. The molecule has 0 aromatic heterocycles. The van der Waals surface area contributed by atoms with Crippen molar-refractivity contribution in [1.82, 2.24) is 10.2 Å². The summed E-state index contributed by atoms with van der Waals surface area (Å²) in [6, 6.07) is 1.70. The minimum absolute atomic E-state index is 0.779. The van der Waals surface area contributed by atoms with E-state index >= 15 is 0 Å². The first-order valence-corrected chi connectivity index (χ1v) is 9.61. The lowest BCUT2D eigenvalue weighted by Gasteiger charge is -2.40. The Morgan fingerprint density at radius 1 is 1.10 bits per heavy atom. The van der Waals surface area contributed by atoms with Gasteiger partial charge in [0.25, 0.3) is 0 Å². The molecule has 2 aliphatic carbocycles. The minimum Gasteiger partial charge on any atom is -0.314 e. The molecule has 1 N–H and O–H groups in total. The molecular weight excluding hydrogens is 256 g/mol. The molecule has 0 saturated heterocycles. The standard InChI is InChI=1S/C19H38N2/c1-5-11-20-19-10-7-16(6-2)12-17(19)14-21(13-15(3)4)18-8-9-18/h15-20H,5-14H2,1-4H3. The SMILES string of the molecule is CCCNC1CCC(CC)CC1CN(CC(C)C)C1CC1. The molecule has 0 radical (unpaired) electrons. The molecule has 124 valence electrons. The first-order chi connectivity index (χ1) is 10.1. The van der Waals surface area contributed by atoms with E-state index in [1.807, 2.05) is 0 Å². The van der Waals surface area contributed by atoms with Gasteiger partial charge in [0.1, 0.15) is 0 Å². The normalized spacial score (nSPS) is 30.3. The van der Waals surface area contributed by atoms with Crippen LogP contribution in [0.4, 0.5) is 0 Å². The van der Waals surface area contributed by atoms with Crippen LogP contribution in [0.3, 0.4) is 0 Å². The molecule has 21 heavy (non-hydrogen) atoms. The Hall–Kier alpha value is -0.0800. The van der Waals surface area contributed by atoms with Crippen LogP contribution in [0.25, 0.3) is 0 Å². The fraction of sp³-hybridized carbons (Fsp3) is 1.00. The molecule has 2 saturated carbocycles. The van der Waals surface area contributed by atoms with Crippen molar-refractivity contribution < 1.29 is 0 Å². The third kappa shape index (κ3) is 5.56. The number of rotatable bonds is 9. The maximum absolute atomic E-state index is 3.86. The van der Waals surface area contributed by atoms with Crippen LogP contribution in [-0.2, 0) is 0 Å². The average molecular weight is 295 g/mol. The molecule has 0 aromatic carbocycles. The smallest absolute Gasteiger partial charge is 0.0108 e. The van der Waals surface area contributed by atoms with Gasteiger partial charge in [0, 0.05) is 25.2 Å². The molecule has 2 aliphatic rings. The third-order valence-electron chi connectivity index (χ3n) is 5.46. The molecule has 2 rings (SSSR count). The van der Waals surface area contributed by atoms with E-state index in [2.05, 4.69) is 37.9 Å². The zero-order valence-electron chi connectivity index (χ0n) is 14.9. The summed E-state index contributed by atoms with van der Waals surface area (Å²) in [5.74, 6) is 2.67. The van der Waals surface area contributed by atoms with E-state index in [1.54, 1.807) is 0 Å². The third-order valence-corrected chi connectivity index (χ3v) is 5.46. The van der Waals surface area contributed by atoms with E-state index in [0.29, 0.717) is 0 Å². The molecule has 2 nitrogen and oxygen atoms in total. The van der Waals surface area contributed by atoms with E-state index in [0.717, 1.165) is 29.8 Å². The van der Waals surface area contributed by atoms with Gasteiger partial charge in [-0.1, -0.05) is 34.1 Å². The molecular formula is C19H38N2. The van der Waals surface area contributed by atoms with Crippen molar-refractivity contribution in [3.8, 4) is 0 Å². The van der Waals surface area contributed by atoms with Crippen molar-refractivity contribution >= 4 is 0 Å². The molecule has 2 heteroatoms. The van der Waals surface area contributed by atoms with Crippen LogP contribution in [0.5, 0.6) is 0 Å². The van der Waals surface area contributed by atoms with Gasteiger partial charge in [-0.15, -0.1) is 0 Å². The summed E-state index contributed by atoms with van der Waals surface area (Å²) >= 11 is 0. The summed E-state index contributed by atoms with van der Waals surface area (Å²) < 4.78 is 0. The van der Waals surface area contributed by atoms with Crippen LogP contribution in [0.15, 0.2) is 0 Å². The number of hydrogen-bond donors (Lipinski definition) is 1. The lowest BCUT2D eigenvalue weighted by molar-refractivity contribution is 0.124. The second-order valence-electron chi connectivity index (χ2n) is 7.99. The first-order valence-electron chi connectivity index (χ1n) is 9.61. The molecule has 3 unspecified atom stereocenters. The monoisotopic (exact) mass is 294 g/mol. The van der Waals surface area contributed by atoms with Gasteiger partial charge >= 0.3 is 0 Å². The van der Waals surface area contributed by atoms with Crippen molar-refractivity contribution in [2.75, 3.05) is 19.6 Å². The summed E-state index contributed by atoms with van der Waals surface area (Å²) in [4.78, 5) is 2.83. The van der Waals surface area contributed by atoms with Gasteiger partial charge in [-0.05, 0) is 62.8 Å². The van der Waals surface area contributed by atoms with Gasteiger partial charge < -0.3 is 5.32 Å². The van der Waals surface area contributed by atoms with Crippen molar-refractivity contribution in [3.05, 3.63) is 0 Å². The zero-order chi connectivity index (χ0) is 15.2. The summed E-state index contributed by atoms with van der Waals surface area (Å²) in [5, 5.41) is 3.86. The van der Waals surface area contributed by atoms with Crippen molar-refractivity contribution in [3.63, 3.8) is 0 Å². The largest absolute Gasteiger partial charge is 0.314 e. The maximum Gasteiger partial charge on any atom is 0.0108 e. The lowest BCUT2D eigenvalue weighted by Crippen LogP contribution is -2.47. The fourth-order valence-corrected chi connectivity index (χ4v) is 4.11. The first kappa shape index (κ1) is 17.3. The predicted molar refractivity (Wildman–Crippen MR) is 92.6 cm³/mol. The molecule has 0 heterocycles. The lowest BCUT2D eigenvalue weighted by atomic mass is 9.76. The fourth-order valence-electron chi connectivity index (χ4n) is 4.11. The molecule has 0 bridgehead atoms. The van der Waals surface area contributed by atoms with Crippen LogP contribution in [-0.4, -0.2) is 36.6 Å². The predicted octanol–water partition coefficient (Wildman–Crippen LogP) is 4.30. The molecule has 0 aliphatic heterocycles. The second-order valence-corrected chi connectivity index (χ2v) is 7.99. The van der Waals surface area contributed by atoms with Gasteiger partial charge in [0.05, 0.1) is 0 Å². The average Bonchev–Trinajstić information content (AvgIpc) is 3.29. The second kappa shape index (κ2) is 8.53. The molecule has 0 aromatic rings. The zero-order valence-corrected chi connectivity index (χ0v) is 14.9. The van der Waals surface area contributed by atoms with Crippen LogP contribution in [0, 0.1) is 17.8 Å². The van der Waals surface area contributed by atoms with Crippen molar-refractivity contribution in [2.24, 2.45) is 17.8 Å². The molecule has 0 spiro atoms. The Kier molecular flexibility index (Phi) is 7.01. The highest BCUT2D eigenvalue weighted by Crippen LogP contribution is 2.35. The van der Waals surface area contributed by atoms with Gasteiger partial charge in [-0.2, -0.15) is 0 Å².